The summed E-state index contributed by atoms with van der Waals surface area (Å²) < 4.78 is 0. The monoisotopic (exact) mass is 267 g/mol. The minimum absolute atomic E-state index is 0.250. The van der Waals surface area contributed by atoms with Crippen LogP contribution in [-0.2, 0) is 4.79 Å². The fourth-order valence-corrected chi connectivity index (χ4v) is 3.42. The van der Waals surface area contributed by atoms with Crippen molar-refractivity contribution in [2.75, 3.05) is 11.4 Å². The molecule has 3 unspecified atom stereocenters. The third-order valence-electron chi connectivity index (χ3n) is 4.06. The standard InChI is InChI=1S/C12H14ClN3O2/c13-9-4-5-10(15-14-9)16-6-7-2-1-3-8(7)11(16)12(17)18/h4-5,7-8,11H,1-3,6H2,(H,17,18). The summed E-state index contributed by atoms with van der Waals surface area (Å²) in [5.41, 5.74) is 0. The molecule has 1 aliphatic heterocycles. The van der Waals surface area contributed by atoms with E-state index in [1.807, 2.05) is 4.90 Å². The summed E-state index contributed by atoms with van der Waals surface area (Å²) in [4.78, 5) is 13.3. The Morgan fingerprint density at radius 1 is 1.39 bits per heavy atom. The van der Waals surface area contributed by atoms with Gasteiger partial charge >= 0.3 is 5.97 Å². The SMILES string of the molecule is O=C(O)C1C2CCCC2CN1c1ccc(Cl)nn1. The fraction of sp³-hybridized carbons (Fsp3) is 0.583. The number of nitrogens with zero attached hydrogens (tertiary/aromatic N) is 3. The van der Waals surface area contributed by atoms with E-state index < -0.39 is 12.0 Å². The van der Waals surface area contributed by atoms with Gasteiger partial charge in [-0.3, -0.25) is 0 Å². The number of hydrogen-bond acceptors (Lipinski definition) is 4. The van der Waals surface area contributed by atoms with Crippen molar-refractivity contribution in [1.82, 2.24) is 10.2 Å². The van der Waals surface area contributed by atoms with Gasteiger partial charge in [-0.1, -0.05) is 18.0 Å². The summed E-state index contributed by atoms with van der Waals surface area (Å²) >= 11 is 5.70. The number of aromatic nitrogens is 2. The average Bonchev–Trinajstić information content (AvgIpc) is 2.88. The largest absolute Gasteiger partial charge is 0.480 e. The highest BCUT2D eigenvalue weighted by molar-refractivity contribution is 6.29. The maximum Gasteiger partial charge on any atom is 0.326 e. The lowest BCUT2D eigenvalue weighted by Gasteiger charge is -2.24. The highest BCUT2D eigenvalue weighted by atomic mass is 35.5. The maximum absolute atomic E-state index is 11.5. The van der Waals surface area contributed by atoms with Gasteiger partial charge in [0, 0.05) is 6.54 Å². The van der Waals surface area contributed by atoms with Crippen LogP contribution in [0.15, 0.2) is 12.1 Å². The topological polar surface area (TPSA) is 66.3 Å². The first kappa shape index (κ1) is 11.7. The van der Waals surface area contributed by atoms with E-state index in [0.29, 0.717) is 16.9 Å². The number of hydrogen-bond donors (Lipinski definition) is 1. The summed E-state index contributed by atoms with van der Waals surface area (Å²) in [6.45, 7) is 0.762. The molecule has 3 atom stereocenters. The maximum atomic E-state index is 11.5. The molecule has 96 valence electrons. The first-order valence-corrected chi connectivity index (χ1v) is 6.53. The van der Waals surface area contributed by atoms with Gasteiger partial charge in [0.05, 0.1) is 0 Å². The quantitative estimate of drug-likeness (QED) is 0.885. The highest BCUT2D eigenvalue weighted by Crippen LogP contribution is 2.43. The van der Waals surface area contributed by atoms with Crippen LogP contribution in [0.25, 0.3) is 0 Å². The van der Waals surface area contributed by atoms with Crippen molar-refractivity contribution in [3.05, 3.63) is 17.3 Å². The fourth-order valence-electron chi connectivity index (χ4n) is 3.32. The number of anilines is 1. The van der Waals surface area contributed by atoms with Crippen molar-refractivity contribution in [3.8, 4) is 0 Å². The number of carboxylic acids is 1. The molecular formula is C12H14ClN3O2. The Bertz CT molecular complexity index is 465. The Balaban J connectivity index is 1.91. The normalized spacial score (nSPS) is 30.5. The Kier molecular flexibility index (Phi) is 2.86. The lowest BCUT2D eigenvalue weighted by Crippen LogP contribution is -2.40. The second kappa shape index (κ2) is 4.39. The molecule has 0 aromatic carbocycles. The molecule has 0 amide bonds. The van der Waals surface area contributed by atoms with E-state index in [-0.39, 0.29) is 5.92 Å². The molecule has 3 rings (SSSR count). The van der Waals surface area contributed by atoms with E-state index in [4.69, 9.17) is 11.6 Å². The summed E-state index contributed by atoms with van der Waals surface area (Å²) in [5.74, 6) is 0.575. The van der Waals surface area contributed by atoms with Crippen molar-refractivity contribution >= 4 is 23.4 Å². The van der Waals surface area contributed by atoms with Crippen LogP contribution in [0, 0.1) is 11.8 Å². The van der Waals surface area contributed by atoms with Gasteiger partial charge in [-0.15, -0.1) is 10.2 Å². The van der Waals surface area contributed by atoms with E-state index in [0.717, 1.165) is 25.8 Å². The Labute approximate surface area is 110 Å². The zero-order valence-electron chi connectivity index (χ0n) is 9.79. The number of halogens is 1. The summed E-state index contributed by atoms with van der Waals surface area (Å²) in [5, 5.41) is 17.5. The molecule has 2 aliphatic rings. The molecule has 1 aliphatic carbocycles. The number of carbonyl (C=O) groups is 1. The Morgan fingerprint density at radius 2 is 2.22 bits per heavy atom. The third-order valence-corrected chi connectivity index (χ3v) is 4.26. The number of carboxylic acid groups (broad SMARTS) is 1. The van der Waals surface area contributed by atoms with Crippen LogP contribution in [0.2, 0.25) is 5.15 Å². The molecule has 1 saturated carbocycles. The van der Waals surface area contributed by atoms with Gasteiger partial charge in [-0.2, -0.15) is 0 Å². The molecule has 0 bridgehead atoms. The molecule has 18 heavy (non-hydrogen) atoms. The van der Waals surface area contributed by atoms with E-state index in [2.05, 4.69) is 10.2 Å². The van der Waals surface area contributed by atoms with Crippen LogP contribution < -0.4 is 4.90 Å². The van der Waals surface area contributed by atoms with E-state index in [9.17, 15) is 9.90 Å². The number of fused-ring (bicyclic) bond motifs is 1. The van der Waals surface area contributed by atoms with Gasteiger partial charge in [0.2, 0.25) is 0 Å². The molecule has 0 radical (unpaired) electrons. The zero-order valence-corrected chi connectivity index (χ0v) is 10.5. The van der Waals surface area contributed by atoms with Crippen molar-refractivity contribution in [1.29, 1.82) is 0 Å². The molecule has 1 aromatic rings. The molecule has 5 nitrogen and oxygen atoms in total. The minimum Gasteiger partial charge on any atom is -0.480 e. The number of aliphatic carboxylic acids is 1. The smallest absolute Gasteiger partial charge is 0.326 e. The second-order valence-corrected chi connectivity index (χ2v) is 5.39. The summed E-state index contributed by atoms with van der Waals surface area (Å²) in [6, 6.07) is 2.93. The molecule has 2 heterocycles. The first-order valence-electron chi connectivity index (χ1n) is 6.15. The third kappa shape index (κ3) is 1.82. The highest BCUT2D eigenvalue weighted by Gasteiger charge is 2.48. The van der Waals surface area contributed by atoms with Gasteiger partial charge in [0.25, 0.3) is 0 Å². The van der Waals surface area contributed by atoms with Crippen LogP contribution in [0.3, 0.4) is 0 Å². The lowest BCUT2D eigenvalue weighted by molar-refractivity contribution is -0.139. The van der Waals surface area contributed by atoms with Gasteiger partial charge in [-0.05, 0) is 36.8 Å². The molecule has 0 spiro atoms. The van der Waals surface area contributed by atoms with Crippen molar-refractivity contribution in [2.45, 2.75) is 25.3 Å². The van der Waals surface area contributed by atoms with Crippen molar-refractivity contribution < 1.29 is 9.90 Å². The van der Waals surface area contributed by atoms with E-state index in [1.165, 1.54) is 0 Å². The van der Waals surface area contributed by atoms with Crippen LogP contribution in [-0.4, -0.2) is 33.9 Å². The number of rotatable bonds is 2. The minimum atomic E-state index is -0.763. The van der Waals surface area contributed by atoms with Crippen molar-refractivity contribution in [3.63, 3.8) is 0 Å². The van der Waals surface area contributed by atoms with Crippen LogP contribution in [0.5, 0.6) is 0 Å². The van der Waals surface area contributed by atoms with Gasteiger partial charge in [0.1, 0.15) is 6.04 Å². The first-order chi connectivity index (χ1) is 8.66. The van der Waals surface area contributed by atoms with Gasteiger partial charge < -0.3 is 10.0 Å². The van der Waals surface area contributed by atoms with Crippen LogP contribution >= 0.6 is 11.6 Å². The Hall–Kier alpha value is -1.36. The predicted molar refractivity (Wildman–Crippen MR) is 66.6 cm³/mol. The van der Waals surface area contributed by atoms with Gasteiger partial charge in [-0.25, -0.2) is 4.79 Å². The van der Waals surface area contributed by atoms with Crippen LogP contribution in [0.4, 0.5) is 5.82 Å². The zero-order chi connectivity index (χ0) is 12.7. The predicted octanol–water partition coefficient (Wildman–Crippen LogP) is 1.82. The summed E-state index contributed by atoms with van der Waals surface area (Å²) in [7, 11) is 0. The summed E-state index contributed by atoms with van der Waals surface area (Å²) in [6.07, 6.45) is 3.25. The molecule has 1 N–H and O–H groups in total. The molecule has 1 aromatic heterocycles. The van der Waals surface area contributed by atoms with Crippen LogP contribution in [0.1, 0.15) is 19.3 Å². The van der Waals surface area contributed by atoms with Gasteiger partial charge in [0.15, 0.2) is 11.0 Å². The van der Waals surface area contributed by atoms with E-state index >= 15 is 0 Å². The lowest BCUT2D eigenvalue weighted by atomic mass is 9.94. The Morgan fingerprint density at radius 3 is 2.89 bits per heavy atom. The second-order valence-electron chi connectivity index (χ2n) is 5.00. The average molecular weight is 268 g/mol. The molecule has 6 heteroatoms. The van der Waals surface area contributed by atoms with Crippen molar-refractivity contribution in [2.24, 2.45) is 11.8 Å². The van der Waals surface area contributed by atoms with E-state index in [1.54, 1.807) is 12.1 Å². The molecule has 2 fully saturated rings. The molecule has 1 saturated heterocycles. The molecular weight excluding hydrogens is 254 g/mol.